The lowest BCUT2D eigenvalue weighted by Crippen LogP contribution is -2.41. The fourth-order valence-corrected chi connectivity index (χ4v) is 6.14. The molecule has 0 spiro atoms. The Morgan fingerprint density at radius 2 is 2.00 bits per heavy atom. The maximum absolute atomic E-state index is 11.9. The van der Waals surface area contributed by atoms with Gasteiger partial charge in [-0.1, -0.05) is 37.5 Å². The summed E-state index contributed by atoms with van der Waals surface area (Å²) in [4.78, 5) is 14.2. The quantitative estimate of drug-likeness (QED) is 0.436. The fraction of sp³-hybridized carbons (Fsp3) is 0.464. The molecule has 1 aromatic heterocycles. The lowest BCUT2D eigenvalue weighted by Gasteiger charge is -2.32. The number of hydrogen-bond acceptors (Lipinski definition) is 3. The molecule has 1 N–H and O–H groups in total. The van der Waals surface area contributed by atoms with Crippen LogP contribution in [0.5, 0.6) is 5.75 Å². The largest absolute Gasteiger partial charge is 0.491 e. The third-order valence-electron chi connectivity index (χ3n) is 7.72. The van der Waals surface area contributed by atoms with Gasteiger partial charge in [0.15, 0.2) is 0 Å². The van der Waals surface area contributed by atoms with Crippen LogP contribution in [0, 0.1) is 6.92 Å². The van der Waals surface area contributed by atoms with Crippen molar-refractivity contribution in [2.24, 2.45) is 0 Å². The summed E-state index contributed by atoms with van der Waals surface area (Å²) in [6.45, 7) is 4.19. The summed E-state index contributed by atoms with van der Waals surface area (Å²) in [7, 11) is 2.09. The predicted molar refractivity (Wildman–Crippen MR) is 138 cm³/mol. The maximum Gasteiger partial charge on any atom is 0.335 e. The van der Waals surface area contributed by atoms with Crippen molar-refractivity contribution < 1.29 is 14.6 Å². The number of likely N-dealkylation sites (N-methyl/N-ethyl adjacent to an activating group) is 1. The number of aromatic carboxylic acids is 1. The number of halogens is 1. The van der Waals surface area contributed by atoms with Gasteiger partial charge in [-0.2, -0.15) is 0 Å². The first-order valence-electron chi connectivity index (χ1n) is 12.4. The Balaban J connectivity index is 1.82. The lowest BCUT2D eigenvalue weighted by atomic mass is 9.81. The van der Waals surface area contributed by atoms with Crippen LogP contribution in [-0.2, 0) is 6.54 Å². The number of ether oxygens (including phenoxy) is 1. The predicted octanol–water partition coefficient (Wildman–Crippen LogP) is 6.29. The smallest absolute Gasteiger partial charge is 0.335 e. The Hall–Kier alpha value is -2.50. The number of fused-ring (bicyclic) bond motifs is 5. The Morgan fingerprint density at radius 1 is 1.21 bits per heavy atom. The molecule has 0 unspecified atom stereocenters. The molecule has 2 aromatic carbocycles. The monoisotopic (exact) mass is 480 g/mol. The summed E-state index contributed by atoms with van der Waals surface area (Å²) in [6, 6.07) is 12.1. The molecule has 0 radical (unpaired) electrons. The van der Waals surface area contributed by atoms with Crippen LogP contribution in [0.15, 0.2) is 36.4 Å². The van der Waals surface area contributed by atoms with E-state index in [4.69, 9.17) is 16.3 Å². The van der Waals surface area contributed by atoms with Gasteiger partial charge in [-0.3, -0.25) is 4.90 Å². The first-order valence-corrected chi connectivity index (χ1v) is 12.9. The third kappa shape index (κ3) is 4.09. The molecule has 2 aliphatic rings. The molecule has 1 aliphatic heterocycles. The standard InChI is InChI=1S/C28H33ClN2O3/c1-18-7-6-10-24-25(18)27-26(19-8-4-3-5-9-19)22-12-11-20(28(32)33)15-23(22)31(27)16-21(17-34-24)30(2)14-13-29/h6-7,10-12,15,19,21H,3-5,8-9,13-14,16-17H2,1-2H3,(H,32,33)/t21-/m1/s1. The van der Waals surface area contributed by atoms with Crippen molar-refractivity contribution in [3.05, 3.63) is 53.1 Å². The number of alkyl halides is 1. The van der Waals surface area contributed by atoms with E-state index in [9.17, 15) is 9.90 Å². The second-order valence-electron chi connectivity index (χ2n) is 9.83. The number of rotatable bonds is 5. The van der Waals surface area contributed by atoms with E-state index < -0.39 is 5.97 Å². The summed E-state index contributed by atoms with van der Waals surface area (Å²) < 4.78 is 8.84. The minimum atomic E-state index is -0.891. The van der Waals surface area contributed by atoms with Gasteiger partial charge < -0.3 is 14.4 Å². The van der Waals surface area contributed by atoms with Crippen molar-refractivity contribution >= 4 is 28.5 Å². The van der Waals surface area contributed by atoms with Gasteiger partial charge in [-0.25, -0.2) is 4.79 Å². The summed E-state index contributed by atoms with van der Waals surface area (Å²) in [5.74, 6) is 1.04. The van der Waals surface area contributed by atoms with Gasteiger partial charge in [0, 0.05) is 35.4 Å². The number of nitrogens with zero attached hydrogens (tertiary/aromatic N) is 2. The highest BCUT2D eigenvalue weighted by molar-refractivity contribution is 6.18. The molecule has 0 saturated heterocycles. The molecule has 0 amide bonds. The van der Waals surface area contributed by atoms with Crippen molar-refractivity contribution in [3.8, 4) is 17.0 Å². The molecule has 6 heteroatoms. The molecule has 5 nitrogen and oxygen atoms in total. The van der Waals surface area contributed by atoms with Crippen LogP contribution in [-0.4, -0.2) is 52.7 Å². The van der Waals surface area contributed by atoms with Gasteiger partial charge in [0.1, 0.15) is 12.4 Å². The summed E-state index contributed by atoms with van der Waals surface area (Å²) in [5, 5.41) is 10.9. The number of aromatic nitrogens is 1. The Kier molecular flexibility index (Phi) is 6.59. The molecule has 180 valence electrons. The number of carboxylic acids is 1. The molecule has 1 fully saturated rings. The van der Waals surface area contributed by atoms with Crippen LogP contribution in [0.4, 0.5) is 0 Å². The minimum Gasteiger partial charge on any atom is -0.491 e. The van der Waals surface area contributed by atoms with Gasteiger partial charge in [0.05, 0.1) is 17.3 Å². The topological polar surface area (TPSA) is 54.7 Å². The van der Waals surface area contributed by atoms with Crippen LogP contribution >= 0.6 is 11.6 Å². The van der Waals surface area contributed by atoms with Crippen molar-refractivity contribution in [3.63, 3.8) is 0 Å². The average Bonchev–Trinajstić information content (AvgIpc) is 3.13. The molecule has 1 aliphatic carbocycles. The zero-order chi connectivity index (χ0) is 23.8. The molecule has 1 atom stereocenters. The van der Waals surface area contributed by atoms with Crippen LogP contribution in [0.2, 0.25) is 0 Å². The zero-order valence-electron chi connectivity index (χ0n) is 20.0. The van der Waals surface area contributed by atoms with E-state index in [2.05, 4.69) is 41.6 Å². The van der Waals surface area contributed by atoms with Crippen LogP contribution < -0.4 is 4.74 Å². The van der Waals surface area contributed by atoms with Gasteiger partial charge in [0.2, 0.25) is 0 Å². The van der Waals surface area contributed by atoms with Crippen molar-refractivity contribution in [1.29, 1.82) is 0 Å². The molecule has 2 heterocycles. The number of hydrogen-bond donors (Lipinski definition) is 1. The third-order valence-corrected chi connectivity index (χ3v) is 7.89. The summed E-state index contributed by atoms with van der Waals surface area (Å²) in [6.07, 6.45) is 6.11. The van der Waals surface area contributed by atoms with Gasteiger partial charge in [0.25, 0.3) is 0 Å². The molecular weight excluding hydrogens is 448 g/mol. The first-order chi connectivity index (χ1) is 16.5. The molecule has 5 rings (SSSR count). The van der Waals surface area contributed by atoms with Crippen LogP contribution in [0.25, 0.3) is 22.2 Å². The van der Waals surface area contributed by atoms with E-state index in [1.165, 1.54) is 54.3 Å². The number of aryl methyl sites for hydroxylation is 1. The molecule has 0 bridgehead atoms. The Bertz CT molecular complexity index is 1210. The number of benzene rings is 2. The van der Waals surface area contributed by atoms with Crippen molar-refractivity contribution in [1.82, 2.24) is 9.47 Å². The summed E-state index contributed by atoms with van der Waals surface area (Å²) in [5.41, 5.74) is 6.25. The Morgan fingerprint density at radius 3 is 2.74 bits per heavy atom. The van der Waals surface area contributed by atoms with Gasteiger partial charge in [-0.15, -0.1) is 11.6 Å². The number of carboxylic acid groups (broad SMARTS) is 1. The minimum absolute atomic E-state index is 0.120. The van der Waals surface area contributed by atoms with Gasteiger partial charge in [-0.05, 0) is 62.1 Å². The molecule has 3 aromatic rings. The second kappa shape index (κ2) is 9.63. The first kappa shape index (κ1) is 23.3. The fourth-order valence-electron chi connectivity index (χ4n) is 5.87. The SMILES string of the molecule is Cc1cccc2c1-c1c(C3CCCCC3)c3ccc(C(=O)O)cc3n1C[C@@H](N(C)CCCl)CO2. The van der Waals surface area contributed by atoms with E-state index in [0.717, 1.165) is 29.9 Å². The van der Waals surface area contributed by atoms with E-state index in [0.29, 0.717) is 24.0 Å². The van der Waals surface area contributed by atoms with Crippen LogP contribution in [0.3, 0.4) is 0 Å². The zero-order valence-corrected chi connectivity index (χ0v) is 20.8. The highest BCUT2D eigenvalue weighted by atomic mass is 35.5. The average molecular weight is 481 g/mol. The van der Waals surface area contributed by atoms with Crippen molar-refractivity contribution in [2.45, 2.75) is 57.5 Å². The van der Waals surface area contributed by atoms with E-state index in [1.54, 1.807) is 6.07 Å². The van der Waals surface area contributed by atoms with Crippen LogP contribution in [0.1, 0.15) is 59.5 Å². The molecule has 34 heavy (non-hydrogen) atoms. The highest BCUT2D eigenvalue weighted by Crippen LogP contribution is 2.48. The second-order valence-corrected chi connectivity index (χ2v) is 10.2. The number of carbonyl (C=O) groups is 1. The normalized spacial score (nSPS) is 18.8. The molecular formula is C28H33ClN2O3. The maximum atomic E-state index is 11.9. The Labute approximate surface area is 206 Å². The summed E-state index contributed by atoms with van der Waals surface area (Å²) >= 11 is 6.09. The molecule has 1 saturated carbocycles. The van der Waals surface area contributed by atoms with Gasteiger partial charge >= 0.3 is 5.97 Å². The van der Waals surface area contributed by atoms with E-state index in [1.807, 2.05) is 12.1 Å². The van der Waals surface area contributed by atoms with Crippen molar-refractivity contribution in [2.75, 3.05) is 26.1 Å². The van der Waals surface area contributed by atoms with E-state index >= 15 is 0 Å². The lowest BCUT2D eigenvalue weighted by molar-refractivity contribution is 0.0697. The van der Waals surface area contributed by atoms with E-state index in [-0.39, 0.29) is 6.04 Å². The highest BCUT2D eigenvalue weighted by Gasteiger charge is 2.32.